The van der Waals surface area contributed by atoms with Crippen molar-refractivity contribution in [2.45, 2.75) is 13.1 Å². The van der Waals surface area contributed by atoms with Crippen LogP contribution in [0.2, 0.25) is 5.02 Å². The Morgan fingerprint density at radius 1 is 1.06 bits per heavy atom. The summed E-state index contributed by atoms with van der Waals surface area (Å²) in [6.45, 7) is 5.12. The van der Waals surface area contributed by atoms with Crippen LogP contribution in [0, 0.1) is 6.92 Å². The number of nitrogens with one attached hydrogen (secondary N) is 1. The van der Waals surface area contributed by atoms with E-state index in [9.17, 15) is 13.2 Å². The molecule has 0 saturated heterocycles. The zero-order chi connectivity index (χ0) is 24.0. The first-order valence-electron chi connectivity index (χ1n) is 10.3. The monoisotopic (exact) mass is 498 g/mol. The number of thiazole rings is 1. The van der Waals surface area contributed by atoms with Gasteiger partial charge in [-0.25, -0.2) is 9.97 Å². The second kappa shape index (κ2) is 8.45. The summed E-state index contributed by atoms with van der Waals surface area (Å²) in [7, 11) is 0. The Morgan fingerprint density at radius 2 is 1.82 bits per heavy atom. The average molecular weight is 499 g/mol. The molecule has 1 N–H and O–H groups in total. The van der Waals surface area contributed by atoms with Crippen LogP contribution in [0.1, 0.15) is 16.1 Å². The standard InChI is InChI=1S/C25H18ClF3N4S/c1-14-20(16-3-9-21-22(12-16)34-15(2)31-21)11-17-4-10-23(30-13-25(27,28)29)32-24(17)33(14)19-7-5-18(26)6-8-19/h3-12H,1,13H2,2H3,(H,30,32). The van der Waals surface area contributed by atoms with Gasteiger partial charge in [0, 0.05) is 27.5 Å². The number of nitrogens with zero attached hydrogens (tertiary/aromatic N) is 3. The second-order valence-electron chi connectivity index (χ2n) is 7.81. The number of halogens is 4. The predicted molar refractivity (Wildman–Crippen MR) is 134 cm³/mol. The van der Waals surface area contributed by atoms with E-state index in [0.29, 0.717) is 16.5 Å². The molecule has 0 radical (unpaired) electrons. The number of benzene rings is 2. The summed E-state index contributed by atoms with van der Waals surface area (Å²) in [4.78, 5) is 10.9. The number of hydrogen-bond acceptors (Lipinski definition) is 5. The van der Waals surface area contributed by atoms with Gasteiger partial charge in [0.2, 0.25) is 0 Å². The van der Waals surface area contributed by atoms with Gasteiger partial charge >= 0.3 is 6.18 Å². The summed E-state index contributed by atoms with van der Waals surface area (Å²) < 4.78 is 39.3. The smallest absolute Gasteiger partial charge is 0.361 e. The number of pyridine rings is 1. The van der Waals surface area contributed by atoms with Crippen molar-refractivity contribution in [3.05, 3.63) is 88.0 Å². The third-order valence-corrected chi connectivity index (χ3v) is 6.54. The van der Waals surface area contributed by atoms with E-state index in [2.05, 4.69) is 27.9 Å². The molecule has 34 heavy (non-hydrogen) atoms. The third kappa shape index (κ3) is 4.38. The molecule has 0 spiro atoms. The first kappa shape index (κ1) is 22.4. The fourth-order valence-electron chi connectivity index (χ4n) is 3.85. The molecule has 1 aliphatic heterocycles. The molecule has 0 unspecified atom stereocenters. The molecular formula is C25H18ClF3N4S. The second-order valence-corrected chi connectivity index (χ2v) is 9.48. The SMILES string of the molecule is C=C1C(c2ccc3nc(C)sc3c2)=Cc2ccc(NCC(F)(F)F)nc2N1c1ccc(Cl)cc1. The van der Waals surface area contributed by atoms with Crippen LogP contribution in [0.25, 0.3) is 21.9 Å². The Bertz CT molecular complexity index is 1440. The number of aromatic nitrogens is 2. The molecular weight excluding hydrogens is 481 g/mol. The normalized spacial score (nSPS) is 13.7. The molecule has 5 rings (SSSR count). The summed E-state index contributed by atoms with van der Waals surface area (Å²) in [6.07, 6.45) is -2.39. The van der Waals surface area contributed by atoms with E-state index in [1.165, 1.54) is 0 Å². The summed E-state index contributed by atoms with van der Waals surface area (Å²) in [5.41, 5.74) is 4.94. The van der Waals surface area contributed by atoms with Crippen molar-refractivity contribution in [2.75, 3.05) is 16.8 Å². The number of fused-ring (bicyclic) bond motifs is 2. The van der Waals surface area contributed by atoms with E-state index >= 15 is 0 Å². The maximum absolute atomic E-state index is 12.7. The molecule has 4 nitrogen and oxygen atoms in total. The summed E-state index contributed by atoms with van der Waals surface area (Å²) in [6, 6.07) is 16.5. The van der Waals surface area contributed by atoms with E-state index in [0.717, 1.165) is 37.6 Å². The van der Waals surface area contributed by atoms with Crippen molar-refractivity contribution in [1.29, 1.82) is 0 Å². The van der Waals surface area contributed by atoms with Crippen molar-refractivity contribution >= 4 is 62.1 Å². The molecule has 3 heterocycles. The van der Waals surface area contributed by atoms with Crippen LogP contribution in [0.4, 0.5) is 30.5 Å². The highest BCUT2D eigenvalue weighted by molar-refractivity contribution is 7.18. The fraction of sp³-hybridized carbons (Fsp3) is 0.120. The third-order valence-electron chi connectivity index (χ3n) is 5.36. The van der Waals surface area contributed by atoms with Gasteiger partial charge in [0.1, 0.15) is 18.2 Å². The Labute approximate surface area is 203 Å². The van der Waals surface area contributed by atoms with Crippen LogP contribution >= 0.6 is 22.9 Å². The van der Waals surface area contributed by atoms with Crippen molar-refractivity contribution in [2.24, 2.45) is 0 Å². The van der Waals surface area contributed by atoms with E-state index in [-0.39, 0.29) is 5.82 Å². The Kier molecular flexibility index (Phi) is 5.58. The highest BCUT2D eigenvalue weighted by Gasteiger charge is 2.29. The minimum Gasteiger partial charge on any atom is -0.361 e. The summed E-state index contributed by atoms with van der Waals surface area (Å²) in [5, 5.41) is 3.91. The van der Waals surface area contributed by atoms with Gasteiger partial charge in [0.25, 0.3) is 0 Å². The first-order valence-corrected chi connectivity index (χ1v) is 11.5. The molecule has 0 saturated carbocycles. The average Bonchev–Trinajstić information content (AvgIpc) is 3.17. The summed E-state index contributed by atoms with van der Waals surface area (Å²) in [5.74, 6) is 0.610. The molecule has 0 fully saturated rings. The number of rotatable bonds is 4. The van der Waals surface area contributed by atoms with Gasteiger partial charge in [-0.05, 0) is 67.1 Å². The minimum absolute atomic E-state index is 0.126. The van der Waals surface area contributed by atoms with E-state index in [1.807, 2.05) is 42.2 Å². The molecule has 1 aliphatic rings. The van der Waals surface area contributed by atoms with Gasteiger partial charge < -0.3 is 5.32 Å². The van der Waals surface area contributed by atoms with Gasteiger partial charge in [-0.2, -0.15) is 13.2 Å². The molecule has 172 valence electrons. The molecule has 0 amide bonds. The largest absolute Gasteiger partial charge is 0.405 e. The molecule has 2 aromatic heterocycles. The van der Waals surface area contributed by atoms with Crippen LogP contribution < -0.4 is 10.2 Å². The van der Waals surface area contributed by atoms with E-state index in [1.54, 1.807) is 35.6 Å². The van der Waals surface area contributed by atoms with Crippen molar-refractivity contribution < 1.29 is 13.2 Å². The number of alkyl halides is 3. The number of anilines is 3. The fourth-order valence-corrected chi connectivity index (χ4v) is 4.85. The zero-order valence-corrected chi connectivity index (χ0v) is 19.5. The van der Waals surface area contributed by atoms with Gasteiger partial charge in [0.05, 0.1) is 15.2 Å². The molecule has 0 bridgehead atoms. The predicted octanol–water partition coefficient (Wildman–Crippen LogP) is 7.83. The quantitative estimate of drug-likeness (QED) is 0.311. The van der Waals surface area contributed by atoms with Crippen molar-refractivity contribution in [3.8, 4) is 0 Å². The topological polar surface area (TPSA) is 41.1 Å². The Hall–Kier alpha value is -3.36. The minimum atomic E-state index is -4.35. The van der Waals surface area contributed by atoms with Crippen LogP contribution in [-0.2, 0) is 0 Å². The van der Waals surface area contributed by atoms with Crippen LogP contribution in [-0.4, -0.2) is 22.7 Å². The molecule has 4 aromatic rings. The Balaban J connectivity index is 1.63. The van der Waals surface area contributed by atoms with Crippen LogP contribution in [0.15, 0.2) is 66.9 Å². The highest BCUT2D eigenvalue weighted by Crippen LogP contribution is 2.43. The maximum atomic E-state index is 12.7. The van der Waals surface area contributed by atoms with E-state index in [4.69, 9.17) is 11.6 Å². The van der Waals surface area contributed by atoms with Crippen molar-refractivity contribution in [1.82, 2.24) is 9.97 Å². The lowest BCUT2D eigenvalue weighted by molar-refractivity contribution is -0.115. The maximum Gasteiger partial charge on any atom is 0.405 e. The molecule has 9 heteroatoms. The lowest BCUT2D eigenvalue weighted by Gasteiger charge is -2.33. The van der Waals surface area contributed by atoms with Gasteiger partial charge in [-0.3, -0.25) is 4.90 Å². The van der Waals surface area contributed by atoms with Crippen LogP contribution in [0.5, 0.6) is 0 Å². The van der Waals surface area contributed by atoms with Gasteiger partial charge in [-0.15, -0.1) is 11.3 Å². The number of allylic oxidation sites excluding steroid dienone is 1. The molecule has 0 aliphatic carbocycles. The zero-order valence-electron chi connectivity index (χ0n) is 17.9. The molecule has 2 aromatic carbocycles. The van der Waals surface area contributed by atoms with Gasteiger partial charge in [-0.1, -0.05) is 24.2 Å². The van der Waals surface area contributed by atoms with Gasteiger partial charge in [0.15, 0.2) is 0 Å². The van der Waals surface area contributed by atoms with E-state index < -0.39 is 12.7 Å². The van der Waals surface area contributed by atoms with Crippen LogP contribution in [0.3, 0.4) is 0 Å². The highest BCUT2D eigenvalue weighted by atomic mass is 35.5. The van der Waals surface area contributed by atoms with Crippen molar-refractivity contribution in [3.63, 3.8) is 0 Å². The number of hydrogen-bond donors (Lipinski definition) is 1. The summed E-state index contributed by atoms with van der Waals surface area (Å²) >= 11 is 7.71. The lowest BCUT2D eigenvalue weighted by atomic mass is 9.95. The molecule has 0 atom stereocenters. The lowest BCUT2D eigenvalue weighted by Crippen LogP contribution is -2.24. The Morgan fingerprint density at radius 3 is 2.56 bits per heavy atom. The first-order chi connectivity index (χ1) is 16.2. The number of aryl methyl sites for hydroxylation is 1.